The van der Waals surface area contributed by atoms with Gasteiger partial charge in [0.2, 0.25) is 0 Å². The lowest BCUT2D eigenvalue weighted by atomic mass is 9.86. The van der Waals surface area contributed by atoms with Gasteiger partial charge in [-0.1, -0.05) is 44.8 Å². The predicted octanol–water partition coefficient (Wildman–Crippen LogP) is 4.04. The monoisotopic (exact) mass is 322 g/mol. The summed E-state index contributed by atoms with van der Waals surface area (Å²) in [4.78, 5) is 23.8. The van der Waals surface area contributed by atoms with Crippen molar-refractivity contribution in [2.45, 2.75) is 65.7 Å². The van der Waals surface area contributed by atoms with Gasteiger partial charge in [-0.3, -0.25) is 9.59 Å². The molecule has 1 unspecified atom stereocenters. The first-order valence-electron chi connectivity index (χ1n) is 8.44. The number of carbonyl (C=O) groups is 2. The SMILES string of the molecule is C=CCOC(=O)CCC(C)(C#CCCCCCC)C(=O)OCC. The van der Waals surface area contributed by atoms with Crippen LogP contribution in [0.2, 0.25) is 0 Å². The topological polar surface area (TPSA) is 52.6 Å². The van der Waals surface area contributed by atoms with Crippen molar-refractivity contribution in [1.82, 2.24) is 0 Å². The number of hydrogen-bond donors (Lipinski definition) is 0. The minimum absolute atomic E-state index is 0.133. The van der Waals surface area contributed by atoms with Gasteiger partial charge in [0.25, 0.3) is 0 Å². The van der Waals surface area contributed by atoms with Crippen molar-refractivity contribution in [2.24, 2.45) is 5.41 Å². The molecule has 0 aromatic rings. The number of esters is 2. The van der Waals surface area contributed by atoms with Crippen molar-refractivity contribution in [1.29, 1.82) is 0 Å². The smallest absolute Gasteiger partial charge is 0.323 e. The zero-order valence-corrected chi connectivity index (χ0v) is 14.8. The van der Waals surface area contributed by atoms with Crippen LogP contribution >= 0.6 is 0 Å². The molecule has 1 atom stereocenters. The van der Waals surface area contributed by atoms with Crippen LogP contribution in [-0.2, 0) is 19.1 Å². The largest absolute Gasteiger partial charge is 0.465 e. The molecule has 0 aliphatic heterocycles. The van der Waals surface area contributed by atoms with Crippen LogP contribution in [0.3, 0.4) is 0 Å². The Hall–Kier alpha value is -1.76. The van der Waals surface area contributed by atoms with Gasteiger partial charge in [-0.05, 0) is 26.7 Å². The first-order chi connectivity index (χ1) is 11.0. The van der Waals surface area contributed by atoms with Crippen molar-refractivity contribution in [2.75, 3.05) is 13.2 Å². The number of rotatable bonds is 11. The molecule has 0 saturated carbocycles. The Morgan fingerprint density at radius 3 is 2.52 bits per heavy atom. The summed E-state index contributed by atoms with van der Waals surface area (Å²) in [6.45, 7) is 9.62. The van der Waals surface area contributed by atoms with Gasteiger partial charge in [0.05, 0.1) is 6.61 Å². The van der Waals surface area contributed by atoms with Gasteiger partial charge in [-0.15, -0.1) is 5.92 Å². The Bertz CT molecular complexity index is 430. The van der Waals surface area contributed by atoms with Crippen LogP contribution in [0.15, 0.2) is 12.7 Å². The number of unbranched alkanes of at least 4 members (excludes halogenated alkanes) is 4. The molecule has 0 amide bonds. The lowest BCUT2D eigenvalue weighted by Crippen LogP contribution is -2.29. The molecule has 0 aromatic carbocycles. The highest BCUT2D eigenvalue weighted by molar-refractivity contribution is 5.81. The van der Waals surface area contributed by atoms with Crippen LogP contribution < -0.4 is 0 Å². The summed E-state index contributed by atoms with van der Waals surface area (Å²) in [7, 11) is 0. The first-order valence-corrected chi connectivity index (χ1v) is 8.44. The van der Waals surface area contributed by atoms with Gasteiger partial charge in [0.1, 0.15) is 12.0 Å². The molecule has 0 N–H and O–H groups in total. The van der Waals surface area contributed by atoms with Crippen molar-refractivity contribution < 1.29 is 19.1 Å². The average molecular weight is 322 g/mol. The average Bonchev–Trinajstić information content (AvgIpc) is 2.54. The number of ether oxygens (including phenoxy) is 2. The van der Waals surface area contributed by atoms with Gasteiger partial charge in [0.15, 0.2) is 0 Å². The molecule has 23 heavy (non-hydrogen) atoms. The highest BCUT2D eigenvalue weighted by Crippen LogP contribution is 2.25. The second-order valence-corrected chi connectivity index (χ2v) is 5.64. The minimum Gasteiger partial charge on any atom is -0.465 e. The van der Waals surface area contributed by atoms with Crippen LogP contribution in [0, 0.1) is 17.3 Å². The van der Waals surface area contributed by atoms with E-state index in [9.17, 15) is 9.59 Å². The molecule has 0 aliphatic carbocycles. The molecule has 0 aliphatic rings. The molecule has 0 fully saturated rings. The molecule has 4 nitrogen and oxygen atoms in total. The Kier molecular flexibility index (Phi) is 11.8. The Morgan fingerprint density at radius 2 is 1.91 bits per heavy atom. The quantitative estimate of drug-likeness (QED) is 0.249. The Labute approximate surface area is 140 Å². The zero-order valence-electron chi connectivity index (χ0n) is 14.8. The van der Waals surface area contributed by atoms with E-state index in [1.165, 1.54) is 18.9 Å². The van der Waals surface area contributed by atoms with E-state index >= 15 is 0 Å². The number of carbonyl (C=O) groups excluding carboxylic acids is 2. The molecular formula is C19H30O4. The summed E-state index contributed by atoms with van der Waals surface area (Å²) in [6.07, 6.45) is 7.26. The standard InChI is InChI=1S/C19H30O4/c1-5-8-9-10-11-12-14-19(4,18(21)22-7-3)15-13-17(20)23-16-6-2/h6H,2,5,7-11,13,15-16H2,1,3-4H3. The molecule has 0 bridgehead atoms. The lowest BCUT2D eigenvalue weighted by molar-refractivity contribution is -0.152. The van der Waals surface area contributed by atoms with Crippen molar-refractivity contribution >= 4 is 11.9 Å². The fourth-order valence-electron chi connectivity index (χ4n) is 1.98. The van der Waals surface area contributed by atoms with Gasteiger partial charge in [-0.2, -0.15) is 0 Å². The van der Waals surface area contributed by atoms with Crippen LogP contribution in [0.4, 0.5) is 0 Å². The van der Waals surface area contributed by atoms with E-state index in [1.54, 1.807) is 13.8 Å². The van der Waals surface area contributed by atoms with Gasteiger partial charge in [0, 0.05) is 12.8 Å². The second kappa shape index (κ2) is 12.8. The third-order valence-corrected chi connectivity index (χ3v) is 3.44. The molecule has 0 heterocycles. The molecule has 130 valence electrons. The van der Waals surface area contributed by atoms with E-state index in [0.29, 0.717) is 13.0 Å². The van der Waals surface area contributed by atoms with E-state index in [1.807, 2.05) is 0 Å². The lowest BCUT2D eigenvalue weighted by Gasteiger charge is -2.20. The van der Waals surface area contributed by atoms with Crippen LogP contribution in [0.1, 0.15) is 65.7 Å². The van der Waals surface area contributed by atoms with Gasteiger partial charge < -0.3 is 9.47 Å². The summed E-state index contributed by atoms with van der Waals surface area (Å²) < 4.78 is 10.0. The summed E-state index contributed by atoms with van der Waals surface area (Å²) in [5.41, 5.74) is -0.964. The van der Waals surface area contributed by atoms with E-state index in [0.717, 1.165) is 19.3 Å². The third-order valence-electron chi connectivity index (χ3n) is 3.44. The van der Waals surface area contributed by atoms with Crippen LogP contribution in [-0.4, -0.2) is 25.2 Å². The molecule has 4 heteroatoms. The summed E-state index contributed by atoms with van der Waals surface area (Å²) in [6, 6.07) is 0. The van der Waals surface area contributed by atoms with E-state index in [2.05, 4.69) is 25.3 Å². The van der Waals surface area contributed by atoms with Gasteiger partial charge >= 0.3 is 11.9 Å². The van der Waals surface area contributed by atoms with E-state index in [-0.39, 0.29) is 25.0 Å². The van der Waals surface area contributed by atoms with Crippen LogP contribution in [0.5, 0.6) is 0 Å². The highest BCUT2D eigenvalue weighted by Gasteiger charge is 2.33. The summed E-state index contributed by atoms with van der Waals surface area (Å²) >= 11 is 0. The van der Waals surface area contributed by atoms with Crippen molar-refractivity contribution in [3.8, 4) is 11.8 Å². The van der Waals surface area contributed by atoms with Crippen molar-refractivity contribution in [3.63, 3.8) is 0 Å². The van der Waals surface area contributed by atoms with Crippen LogP contribution in [0.25, 0.3) is 0 Å². The third kappa shape index (κ3) is 9.78. The summed E-state index contributed by atoms with van der Waals surface area (Å²) in [5, 5.41) is 0. The minimum atomic E-state index is -0.964. The maximum atomic E-state index is 12.2. The first kappa shape index (κ1) is 21.2. The molecule has 0 aromatic heterocycles. The van der Waals surface area contributed by atoms with Gasteiger partial charge in [-0.25, -0.2) is 0 Å². The maximum Gasteiger partial charge on any atom is 0.323 e. The van der Waals surface area contributed by atoms with E-state index < -0.39 is 5.41 Å². The Morgan fingerprint density at radius 1 is 1.17 bits per heavy atom. The van der Waals surface area contributed by atoms with E-state index in [4.69, 9.17) is 9.47 Å². The maximum absolute atomic E-state index is 12.2. The van der Waals surface area contributed by atoms with Crippen molar-refractivity contribution in [3.05, 3.63) is 12.7 Å². The zero-order chi connectivity index (χ0) is 17.6. The second-order valence-electron chi connectivity index (χ2n) is 5.64. The highest BCUT2D eigenvalue weighted by atomic mass is 16.5. The number of hydrogen-bond acceptors (Lipinski definition) is 4. The molecule has 0 rings (SSSR count). The predicted molar refractivity (Wildman–Crippen MR) is 91.7 cm³/mol. The summed E-state index contributed by atoms with van der Waals surface area (Å²) in [5.74, 6) is 5.36. The molecule has 0 radical (unpaired) electrons. The molecule has 0 saturated heterocycles. The molecule has 0 spiro atoms. The molecular weight excluding hydrogens is 292 g/mol. The Balaban J connectivity index is 4.63. The fourth-order valence-corrected chi connectivity index (χ4v) is 1.98. The fraction of sp³-hybridized carbons (Fsp3) is 0.684. The normalized spacial score (nSPS) is 12.5.